The molecule has 3 heteroatoms. The molecule has 0 amide bonds. The molecule has 0 saturated heterocycles. The van der Waals surface area contributed by atoms with Crippen LogP contribution < -0.4 is 4.43 Å². The number of hydrogen-bond acceptors (Lipinski definition) is 2. The fourth-order valence-corrected chi connectivity index (χ4v) is 2.29. The van der Waals surface area contributed by atoms with Crippen molar-refractivity contribution in [3.63, 3.8) is 0 Å². The van der Waals surface area contributed by atoms with Gasteiger partial charge in [0.15, 0.2) is 6.29 Å². The monoisotopic (exact) mass is 250 g/mol. The predicted molar refractivity (Wildman–Crippen MR) is 74.4 cm³/mol. The predicted octanol–water partition coefficient (Wildman–Crippen LogP) is 4.19. The number of hydrogen-bond donors (Lipinski definition) is 0. The van der Waals surface area contributed by atoms with Gasteiger partial charge < -0.3 is 4.43 Å². The van der Waals surface area contributed by atoms with E-state index in [-0.39, 0.29) is 5.04 Å². The molecule has 2 nitrogen and oxygen atoms in total. The first-order valence-corrected chi connectivity index (χ1v) is 8.83. The van der Waals surface area contributed by atoms with Gasteiger partial charge in [-0.1, -0.05) is 26.8 Å². The Morgan fingerprint density at radius 3 is 2.29 bits per heavy atom. The van der Waals surface area contributed by atoms with E-state index in [1.807, 2.05) is 25.1 Å². The van der Waals surface area contributed by atoms with Crippen molar-refractivity contribution in [3.8, 4) is 5.75 Å². The molecule has 0 aromatic heterocycles. The van der Waals surface area contributed by atoms with E-state index in [0.717, 1.165) is 17.6 Å². The van der Waals surface area contributed by atoms with Gasteiger partial charge in [0.1, 0.15) is 5.75 Å². The molecule has 0 atom stereocenters. The van der Waals surface area contributed by atoms with E-state index in [4.69, 9.17) is 4.43 Å². The van der Waals surface area contributed by atoms with Crippen LogP contribution in [0.5, 0.6) is 5.75 Å². The second-order valence-corrected chi connectivity index (χ2v) is 10.7. The standard InChI is InChI=1S/C14H22O2Si/c1-11-7-8-12(10-15)13(9-11)16-17(5,6)14(2,3)4/h7-10H,1-6H3. The number of carbonyl (C=O) groups excluding carboxylic acids is 1. The summed E-state index contributed by atoms with van der Waals surface area (Å²) < 4.78 is 6.18. The number of aryl methyl sites for hydroxylation is 1. The smallest absolute Gasteiger partial charge is 0.250 e. The summed E-state index contributed by atoms with van der Waals surface area (Å²) in [6, 6.07) is 5.71. The lowest BCUT2D eigenvalue weighted by Crippen LogP contribution is -2.44. The number of aldehydes is 1. The summed E-state index contributed by atoms with van der Waals surface area (Å²) in [6.07, 6.45) is 0.863. The van der Waals surface area contributed by atoms with E-state index in [9.17, 15) is 4.79 Å². The van der Waals surface area contributed by atoms with Crippen LogP contribution in [0.25, 0.3) is 0 Å². The van der Waals surface area contributed by atoms with Gasteiger partial charge in [-0.2, -0.15) is 0 Å². The highest BCUT2D eigenvalue weighted by molar-refractivity contribution is 6.74. The molecule has 0 N–H and O–H groups in total. The van der Waals surface area contributed by atoms with Gasteiger partial charge >= 0.3 is 0 Å². The second kappa shape index (κ2) is 4.65. The van der Waals surface area contributed by atoms with Crippen molar-refractivity contribution in [1.29, 1.82) is 0 Å². The van der Waals surface area contributed by atoms with Gasteiger partial charge in [-0.3, -0.25) is 4.79 Å². The van der Waals surface area contributed by atoms with E-state index in [1.54, 1.807) is 0 Å². The number of carbonyl (C=O) groups is 1. The Hall–Kier alpha value is -1.09. The summed E-state index contributed by atoms with van der Waals surface area (Å²) in [5.74, 6) is 0.728. The Labute approximate surface area is 105 Å². The molecule has 0 saturated carbocycles. The zero-order chi connectivity index (χ0) is 13.3. The molecule has 17 heavy (non-hydrogen) atoms. The summed E-state index contributed by atoms with van der Waals surface area (Å²) in [6.45, 7) is 12.9. The molecular weight excluding hydrogens is 228 g/mol. The zero-order valence-electron chi connectivity index (χ0n) is 11.6. The van der Waals surface area contributed by atoms with E-state index in [1.165, 1.54) is 0 Å². The molecule has 0 fully saturated rings. The van der Waals surface area contributed by atoms with Gasteiger partial charge in [0.05, 0.1) is 5.56 Å². The molecule has 0 aliphatic carbocycles. The minimum absolute atomic E-state index is 0.136. The van der Waals surface area contributed by atoms with Gasteiger partial charge in [-0.05, 0) is 42.8 Å². The molecule has 0 heterocycles. The third-order valence-electron chi connectivity index (χ3n) is 3.47. The van der Waals surface area contributed by atoms with Gasteiger partial charge in [0.25, 0.3) is 8.32 Å². The van der Waals surface area contributed by atoms with Crippen molar-refractivity contribution in [1.82, 2.24) is 0 Å². The highest BCUT2D eigenvalue weighted by atomic mass is 28.4. The maximum absolute atomic E-state index is 11.0. The minimum Gasteiger partial charge on any atom is -0.543 e. The van der Waals surface area contributed by atoms with Crippen LogP contribution in [0.1, 0.15) is 36.7 Å². The van der Waals surface area contributed by atoms with Gasteiger partial charge in [0, 0.05) is 0 Å². The minimum atomic E-state index is -1.88. The third-order valence-corrected chi connectivity index (χ3v) is 7.81. The van der Waals surface area contributed by atoms with Crippen LogP contribution in [0.4, 0.5) is 0 Å². The quantitative estimate of drug-likeness (QED) is 0.594. The third kappa shape index (κ3) is 3.19. The van der Waals surface area contributed by atoms with E-state index >= 15 is 0 Å². The molecular formula is C14H22O2Si. The lowest BCUT2D eigenvalue weighted by Gasteiger charge is -2.36. The molecule has 94 valence electrons. The first kappa shape index (κ1) is 14.0. The van der Waals surface area contributed by atoms with E-state index in [0.29, 0.717) is 5.56 Å². The summed E-state index contributed by atoms with van der Waals surface area (Å²) in [7, 11) is -1.88. The summed E-state index contributed by atoms with van der Waals surface area (Å²) >= 11 is 0. The molecule has 0 spiro atoms. The fraction of sp³-hybridized carbons (Fsp3) is 0.500. The van der Waals surface area contributed by atoms with Crippen molar-refractivity contribution in [2.75, 3.05) is 0 Å². The topological polar surface area (TPSA) is 26.3 Å². The molecule has 1 aromatic carbocycles. The van der Waals surface area contributed by atoms with Crippen LogP contribution in [0.3, 0.4) is 0 Å². The van der Waals surface area contributed by atoms with Crippen LogP contribution in [-0.4, -0.2) is 14.6 Å². The van der Waals surface area contributed by atoms with Crippen LogP contribution in [0, 0.1) is 6.92 Å². The van der Waals surface area contributed by atoms with Crippen molar-refractivity contribution in [2.24, 2.45) is 0 Å². The molecule has 0 bridgehead atoms. The average Bonchev–Trinajstić information content (AvgIpc) is 2.15. The molecule has 0 radical (unpaired) electrons. The molecule has 0 unspecified atom stereocenters. The van der Waals surface area contributed by atoms with E-state index in [2.05, 4.69) is 33.9 Å². The van der Waals surface area contributed by atoms with Gasteiger partial charge in [-0.15, -0.1) is 0 Å². The van der Waals surface area contributed by atoms with Crippen LogP contribution in [0.15, 0.2) is 18.2 Å². The van der Waals surface area contributed by atoms with Crippen LogP contribution in [0.2, 0.25) is 18.1 Å². The largest absolute Gasteiger partial charge is 0.543 e. The Morgan fingerprint density at radius 2 is 1.82 bits per heavy atom. The second-order valence-electron chi connectivity index (χ2n) is 6.02. The van der Waals surface area contributed by atoms with Crippen LogP contribution in [-0.2, 0) is 0 Å². The Morgan fingerprint density at radius 1 is 1.24 bits per heavy atom. The zero-order valence-corrected chi connectivity index (χ0v) is 12.6. The van der Waals surface area contributed by atoms with Crippen molar-refractivity contribution in [3.05, 3.63) is 29.3 Å². The maximum Gasteiger partial charge on any atom is 0.250 e. The normalized spacial score (nSPS) is 12.4. The Bertz CT molecular complexity index is 417. The molecule has 0 aliphatic heterocycles. The Kier molecular flexibility index (Phi) is 3.82. The van der Waals surface area contributed by atoms with Crippen molar-refractivity contribution in [2.45, 2.75) is 45.8 Å². The lowest BCUT2D eigenvalue weighted by atomic mass is 10.1. The highest BCUT2D eigenvalue weighted by Gasteiger charge is 2.39. The highest BCUT2D eigenvalue weighted by Crippen LogP contribution is 2.38. The SMILES string of the molecule is Cc1ccc(C=O)c(O[Si](C)(C)C(C)(C)C)c1. The van der Waals surface area contributed by atoms with Gasteiger partial charge in [-0.25, -0.2) is 0 Å². The average molecular weight is 250 g/mol. The summed E-state index contributed by atoms with van der Waals surface area (Å²) in [4.78, 5) is 11.0. The number of rotatable bonds is 3. The van der Waals surface area contributed by atoms with E-state index < -0.39 is 8.32 Å². The number of benzene rings is 1. The molecule has 0 aliphatic rings. The van der Waals surface area contributed by atoms with Crippen molar-refractivity contribution < 1.29 is 9.22 Å². The summed E-state index contributed by atoms with van der Waals surface area (Å²) in [5, 5.41) is 0.136. The Balaban J connectivity index is 3.10. The molecule has 1 aromatic rings. The fourth-order valence-electron chi connectivity index (χ4n) is 1.26. The van der Waals surface area contributed by atoms with Gasteiger partial charge in [0.2, 0.25) is 0 Å². The summed E-state index contributed by atoms with van der Waals surface area (Å²) in [5.41, 5.74) is 1.75. The molecule has 1 rings (SSSR count). The first-order valence-electron chi connectivity index (χ1n) is 5.92. The van der Waals surface area contributed by atoms with Crippen molar-refractivity contribution >= 4 is 14.6 Å². The maximum atomic E-state index is 11.0. The van der Waals surface area contributed by atoms with Crippen LogP contribution >= 0.6 is 0 Å². The first-order chi connectivity index (χ1) is 7.67. The lowest BCUT2D eigenvalue weighted by molar-refractivity contribution is 0.112.